The number of nitriles is 1. The first kappa shape index (κ1) is 24.2. The average Bonchev–Trinajstić information content (AvgIpc) is 3.31. The number of benzene rings is 2. The number of ether oxygens (including phenoxy) is 1. The third-order valence-electron chi connectivity index (χ3n) is 6.12. The van der Waals surface area contributed by atoms with Crippen molar-refractivity contribution >= 4 is 43.0 Å². The molecule has 5 rings (SSSR count). The summed E-state index contributed by atoms with van der Waals surface area (Å²) in [4.78, 5) is 11.8. The number of morpholine rings is 1. The number of fused-ring (bicyclic) bond motifs is 1. The van der Waals surface area contributed by atoms with Crippen molar-refractivity contribution < 1.29 is 13.2 Å². The molecule has 0 spiro atoms. The van der Waals surface area contributed by atoms with E-state index < -0.39 is 10.0 Å². The Morgan fingerprint density at radius 1 is 1.11 bits per heavy atom. The largest absolute Gasteiger partial charge is 0.378 e. The molecule has 4 aromatic rings. The summed E-state index contributed by atoms with van der Waals surface area (Å²) in [5.41, 5.74) is 5.57. The fourth-order valence-corrected chi connectivity index (χ4v) is 5.93. The average molecular weight is 520 g/mol. The van der Waals surface area contributed by atoms with Crippen molar-refractivity contribution in [1.82, 2.24) is 9.97 Å². The maximum atomic E-state index is 12.0. The van der Waals surface area contributed by atoms with Crippen molar-refractivity contribution in [2.75, 3.05) is 48.3 Å². The second-order valence-corrected chi connectivity index (χ2v) is 11.4. The zero-order chi connectivity index (χ0) is 25.1. The topological polar surface area (TPSA) is 99.4 Å². The lowest BCUT2D eigenvalue weighted by atomic mass is 10.1. The first-order chi connectivity index (χ1) is 17.4. The number of hydrogen-bond donors (Lipinski definition) is 0. The van der Waals surface area contributed by atoms with E-state index >= 15 is 0 Å². The molecule has 3 heterocycles. The molecule has 36 heavy (non-hydrogen) atoms. The summed E-state index contributed by atoms with van der Waals surface area (Å²) in [6.45, 7) is 3.11. The molecule has 0 amide bonds. The fourth-order valence-electron chi connectivity index (χ4n) is 4.25. The van der Waals surface area contributed by atoms with Crippen molar-refractivity contribution in [1.29, 1.82) is 5.26 Å². The monoisotopic (exact) mass is 519 g/mol. The predicted octanol–water partition coefficient (Wildman–Crippen LogP) is 4.08. The molecule has 0 saturated carbocycles. The number of aromatic nitrogens is 2. The SMILES string of the molecule is CS(=O)(=O)N(CC#N)c1ccc(-c2csc3cnc(Cc4ccc(N5CCOCC5)cc4)nc23)cc1. The van der Waals surface area contributed by atoms with Gasteiger partial charge in [-0.1, -0.05) is 24.3 Å². The van der Waals surface area contributed by atoms with Crippen molar-refractivity contribution in [3.63, 3.8) is 0 Å². The van der Waals surface area contributed by atoms with Crippen LogP contribution in [0.1, 0.15) is 11.4 Å². The molecule has 2 aromatic carbocycles. The van der Waals surface area contributed by atoms with E-state index in [-0.39, 0.29) is 6.54 Å². The number of nitrogens with zero attached hydrogens (tertiary/aromatic N) is 5. The van der Waals surface area contributed by atoms with Crippen LogP contribution in [0.3, 0.4) is 0 Å². The van der Waals surface area contributed by atoms with Gasteiger partial charge in [0.05, 0.1) is 41.4 Å². The predicted molar refractivity (Wildman–Crippen MR) is 143 cm³/mol. The molecule has 2 aromatic heterocycles. The molecule has 1 aliphatic heterocycles. The van der Waals surface area contributed by atoms with Gasteiger partial charge < -0.3 is 9.64 Å². The van der Waals surface area contributed by atoms with Crippen LogP contribution in [0.5, 0.6) is 0 Å². The van der Waals surface area contributed by atoms with Crippen LogP contribution in [0.4, 0.5) is 11.4 Å². The minimum absolute atomic E-state index is 0.233. The van der Waals surface area contributed by atoms with Gasteiger partial charge in [-0.2, -0.15) is 5.26 Å². The van der Waals surface area contributed by atoms with E-state index in [1.165, 1.54) is 5.69 Å². The highest BCUT2D eigenvalue weighted by Crippen LogP contribution is 2.34. The quantitative estimate of drug-likeness (QED) is 0.339. The van der Waals surface area contributed by atoms with Gasteiger partial charge in [-0.05, 0) is 35.4 Å². The van der Waals surface area contributed by atoms with Crippen LogP contribution in [0.2, 0.25) is 0 Å². The Labute approximate surface area is 214 Å². The van der Waals surface area contributed by atoms with Crippen LogP contribution >= 0.6 is 11.3 Å². The molecule has 1 aliphatic rings. The standard InChI is InChI=1S/C26H25N5O3S2/c1-36(32,33)31(11-10-27)22-8-4-20(5-9-22)23-18-35-24-17-28-25(29-26(23)24)16-19-2-6-21(7-3-19)30-12-14-34-15-13-30/h2-9,17-18H,11-16H2,1H3. The summed E-state index contributed by atoms with van der Waals surface area (Å²) in [6.07, 6.45) is 3.59. The second-order valence-electron chi connectivity index (χ2n) is 8.57. The molecule has 0 atom stereocenters. The fraction of sp³-hybridized carbons (Fsp3) is 0.269. The van der Waals surface area contributed by atoms with E-state index in [0.29, 0.717) is 12.1 Å². The molecule has 1 saturated heterocycles. The summed E-state index contributed by atoms with van der Waals surface area (Å²) >= 11 is 1.57. The van der Waals surface area contributed by atoms with Crippen molar-refractivity contribution in [3.05, 3.63) is 71.5 Å². The molecule has 184 valence electrons. The minimum atomic E-state index is -3.54. The Bertz CT molecular complexity index is 1500. The number of hydrogen-bond acceptors (Lipinski definition) is 8. The molecule has 0 radical (unpaired) electrons. The summed E-state index contributed by atoms with van der Waals surface area (Å²) in [6, 6.07) is 17.6. The zero-order valence-corrected chi connectivity index (χ0v) is 21.4. The van der Waals surface area contributed by atoms with Gasteiger partial charge in [0.1, 0.15) is 12.4 Å². The maximum absolute atomic E-state index is 12.0. The van der Waals surface area contributed by atoms with Crippen LogP contribution in [0.15, 0.2) is 60.1 Å². The first-order valence-corrected chi connectivity index (χ1v) is 14.2. The third-order valence-corrected chi connectivity index (χ3v) is 8.17. The lowest BCUT2D eigenvalue weighted by Gasteiger charge is -2.28. The number of sulfonamides is 1. The number of anilines is 2. The van der Waals surface area contributed by atoms with Gasteiger partial charge in [0.2, 0.25) is 10.0 Å². The molecular weight excluding hydrogens is 494 g/mol. The highest BCUT2D eigenvalue weighted by Gasteiger charge is 2.18. The molecule has 0 bridgehead atoms. The third kappa shape index (κ3) is 5.18. The van der Waals surface area contributed by atoms with Gasteiger partial charge in [0, 0.05) is 42.3 Å². The van der Waals surface area contributed by atoms with Crippen LogP contribution in [0, 0.1) is 11.3 Å². The smallest absolute Gasteiger partial charge is 0.233 e. The van der Waals surface area contributed by atoms with Crippen LogP contribution in [0.25, 0.3) is 21.3 Å². The van der Waals surface area contributed by atoms with E-state index in [9.17, 15) is 8.42 Å². The summed E-state index contributed by atoms with van der Waals surface area (Å²) in [7, 11) is -3.54. The molecule has 0 N–H and O–H groups in total. The number of rotatable bonds is 7. The van der Waals surface area contributed by atoms with E-state index in [0.717, 1.165) is 69.6 Å². The molecule has 0 aliphatic carbocycles. The minimum Gasteiger partial charge on any atom is -0.378 e. The Morgan fingerprint density at radius 3 is 2.50 bits per heavy atom. The van der Waals surface area contributed by atoms with Gasteiger partial charge in [-0.3, -0.25) is 4.31 Å². The molecule has 0 unspecified atom stereocenters. The lowest BCUT2D eigenvalue weighted by molar-refractivity contribution is 0.122. The Morgan fingerprint density at radius 2 is 1.83 bits per heavy atom. The van der Waals surface area contributed by atoms with Gasteiger partial charge in [-0.15, -0.1) is 11.3 Å². The van der Waals surface area contributed by atoms with Crippen LogP contribution < -0.4 is 9.21 Å². The highest BCUT2D eigenvalue weighted by atomic mass is 32.2. The van der Waals surface area contributed by atoms with Crippen LogP contribution in [-0.4, -0.2) is 57.5 Å². The van der Waals surface area contributed by atoms with E-state index in [4.69, 9.17) is 15.0 Å². The zero-order valence-electron chi connectivity index (χ0n) is 19.8. The van der Waals surface area contributed by atoms with Crippen molar-refractivity contribution in [2.24, 2.45) is 0 Å². The maximum Gasteiger partial charge on any atom is 0.233 e. The molecule has 1 fully saturated rings. The summed E-state index contributed by atoms with van der Waals surface area (Å²) in [5, 5.41) is 11.1. The summed E-state index contributed by atoms with van der Waals surface area (Å²) in [5.74, 6) is 0.746. The molecule has 10 heteroatoms. The Hall–Kier alpha value is -3.52. The lowest BCUT2D eigenvalue weighted by Crippen LogP contribution is -2.36. The number of thiophene rings is 1. The van der Waals surface area contributed by atoms with Crippen LogP contribution in [-0.2, 0) is 21.2 Å². The van der Waals surface area contributed by atoms with Crippen molar-refractivity contribution in [3.8, 4) is 17.2 Å². The first-order valence-electron chi connectivity index (χ1n) is 11.5. The molecular formula is C26H25N5O3S2. The van der Waals surface area contributed by atoms with Gasteiger partial charge in [0.15, 0.2) is 0 Å². The Balaban J connectivity index is 1.37. The Kier molecular flexibility index (Phi) is 6.87. The highest BCUT2D eigenvalue weighted by molar-refractivity contribution is 7.92. The second kappa shape index (κ2) is 10.2. The summed E-state index contributed by atoms with van der Waals surface area (Å²) < 4.78 is 31.6. The van der Waals surface area contributed by atoms with E-state index in [2.05, 4.69) is 34.1 Å². The van der Waals surface area contributed by atoms with Gasteiger partial charge in [0.25, 0.3) is 0 Å². The van der Waals surface area contributed by atoms with E-state index in [1.54, 1.807) is 23.5 Å². The van der Waals surface area contributed by atoms with Crippen molar-refractivity contribution in [2.45, 2.75) is 6.42 Å². The molecule has 8 nitrogen and oxygen atoms in total. The van der Waals surface area contributed by atoms with E-state index in [1.807, 2.05) is 29.8 Å². The van der Waals surface area contributed by atoms with Gasteiger partial charge >= 0.3 is 0 Å². The normalized spacial score (nSPS) is 14.1. The van der Waals surface area contributed by atoms with Gasteiger partial charge in [-0.25, -0.2) is 18.4 Å².